The lowest BCUT2D eigenvalue weighted by molar-refractivity contribution is 0.0705. The third-order valence-corrected chi connectivity index (χ3v) is 6.41. The number of hydrogen-bond acceptors (Lipinski definition) is 4. The molecule has 0 unspecified atom stereocenters. The summed E-state index contributed by atoms with van der Waals surface area (Å²) in [6.45, 7) is 3.48. The van der Waals surface area contributed by atoms with Crippen LogP contribution in [0.3, 0.4) is 0 Å². The lowest BCUT2D eigenvalue weighted by Gasteiger charge is -2.33. The zero-order valence-electron chi connectivity index (χ0n) is 18.3. The van der Waals surface area contributed by atoms with Crippen molar-refractivity contribution in [3.63, 3.8) is 0 Å². The molecule has 1 amide bonds. The van der Waals surface area contributed by atoms with Gasteiger partial charge in [0, 0.05) is 35.7 Å². The number of nitrogens with one attached hydrogen (secondary N) is 1. The van der Waals surface area contributed by atoms with Gasteiger partial charge in [-0.3, -0.25) is 9.89 Å². The van der Waals surface area contributed by atoms with Crippen molar-refractivity contribution < 1.29 is 9.53 Å². The fourth-order valence-corrected chi connectivity index (χ4v) is 4.59. The molecular formula is C26H26N4O2. The van der Waals surface area contributed by atoms with Crippen LogP contribution in [-0.2, 0) is 0 Å². The van der Waals surface area contributed by atoms with Crippen LogP contribution >= 0.6 is 0 Å². The second-order valence-electron chi connectivity index (χ2n) is 8.34. The number of hydrogen-bond donors (Lipinski definition) is 1. The van der Waals surface area contributed by atoms with Crippen LogP contribution in [0.15, 0.2) is 60.8 Å². The number of fused-ring (bicyclic) bond motifs is 1. The van der Waals surface area contributed by atoms with Gasteiger partial charge in [0.2, 0.25) is 0 Å². The molecule has 0 spiro atoms. The van der Waals surface area contributed by atoms with Gasteiger partial charge in [0.25, 0.3) is 5.91 Å². The standard InChI is InChI=1S/C26H26N4O2/c1-17-22(18-8-11-21(32-2)12-9-18)6-3-7-23(17)26(31)30-14-4-5-20(16-30)24-13-10-19-15-27-29-25(19)28-24/h3,6-13,15,20H,4-5,14,16H2,1-2H3,(H,27,28,29)/t20-/m1/s1. The predicted molar refractivity (Wildman–Crippen MR) is 125 cm³/mol. The SMILES string of the molecule is COc1ccc(-c2cccc(C(=O)N3CCC[C@@H](c4ccc5cn[nH]c5n4)C3)c2C)cc1. The first-order valence-corrected chi connectivity index (χ1v) is 11.0. The van der Waals surface area contributed by atoms with Gasteiger partial charge < -0.3 is 9.64 Å². The third-order valence-electron chi connectivity index (χ3n) is 6.41. The molecule has 6 heteroatoms. The summed E-state index contributed by atoms with van der Waals surface area (Å²) in [5, 5.41) is 8.01. The molecule has 6 nitrogen and oxygen atoms in total. The normalized spacial score (nSPS) is 16.3. The Balaban J connectivity index is 1.39. The minimum atomic E-state index is 0.0881. The monoisotopic (exact) mass is 426 g/mol. The van der Waals surface area contributed by atoms with E-state index in [-0.39, 0.29) is 11.8 Å². The highest BCUT2D eigenvalue weighted by molar-refractivity contribution is 5.97. The van der Waals surface area contributed by atoms with Gasteiger partial charge in [-0.05, 0) is 66.8 Å². The maximum absolute atomic E-state index is 13.5. The van der Waals surface area contributed by atoms with Gasteiger partial charge in [0.15, 0.2) is 5.65 Å². The molecule has 1 aliphatic heterocycles. The van der Waals surface area contributed by atoms with E-state index in [1.54, 1.807) is 13.3 Å². The third kappa shape index (κ3) is 3.73. The first kappa shape index (κ1) is 20.2. The second-order valence-corrected chi connectivity index (χ2v) is 8.34. The van der Waals surface area contributed by atoms with Gasteiger partial charge in [0.1, 0.15) is 5.75 Å². The van der Waals surface area contributed by atoms with Crippen molar-refractivity contribution in [2.24, 2.45) is 0 Å². The van der Waals surface area contributed by atoms with E-state index < -0.39 is 0 Å². The summed E-state index contributed by atoms with van der Waals surface area (Å²) in [7, 11) is 1.66. The zero-order valence-corrected chi connectivity index (χ0v) is 18.3. The summed E-state index contributed by atoms with van der Waals surface area (Å²) < 4.78 is 5.27. The summed E-state index contributed by atoms with van der Waals surface area (Å²) in [6, 6.07) is 18.0. The fourth-order valence-electron chi connectivity index (χ4n) is 4.59. The van der Waals surface area contributed by atoms with E-state index in [4.69, 9.17) is 9.72 Å². The van der Waals surface area contributed by atoms with Crippen LogP contribution in [0.5, 0.6) is 5.75 Å². The number of piperidine rings is 1. The van der Waals surface area contributed by atoms with E-state index in [1.807, 2.05) is 54.3 Å². The molecule has 1 fully saturated rings. The van der Waals surface area contributed by atoms with Crippen molar-refractivity contribution >= 4 is 16.9 Å². The van der Waals surface area contributed by atoms with E-state index >= 15 is 0 Å². The number of carbonyl (C=O) groups is 1. The Kier molecular flexibility index (Phi) is 5.35. The summed E-state index contributed by atoms with van der Waals surface area (Å²) in [4.78, 5) is 20.2. The van der Waals surface area contributed by atoms with E-state index in [0.29, 0.717) is 6.54 Å². The van der Waals surface area contributed by atoms with Crippen molar-refractivity contribution in [1.82, 2.24) is 20.1 Å². The van der Waals surface area contributed by atoms with Crippen LogP contribution in [0.4, 0.5) is 0 Å². The van der Waals surface area contributed by atoms with Crippen molar-refractivity contribution in [2.45, 2.75) is 25.7 Å². The number of rotatable bonds is 4. The number of nitrogens with zero attached hydrogens (tertiary/aromatic N) is 3. The van der Waals surface area contributed by atoms with E-state index in [0.717, 1.165) is 64.1 Å². The van der Waals surface area contributed by atoms with Crippen LogP contribution < -0.4 is 4.74 Å². The van der Waals surface area contributed by atoms with Crippen LogP contribution in [0.25, 0.3) is 22.2 Å². The molecule has 0 radical (unpaired) electrons. The number of ether oxygens (including phenoxy) is 1. The minimum absolute atomic E-state index is 0.0881. The smallest absolute Gasteiger partial charge is 0.254 e. The van der Waals surface area contributed by atoms with Gasteiger partial charge in [0.05, 0.1) is 13.3 Å². The number of pyridine rings is 1. The molecule has 2 aromatic heterocycles. The first-order valence-electron chi connectivity index (χ1n) is 11.0. The molecule has 32 heavy (non-hydrogen) atoms. The molecule has 1 aliphatic rings. The fraction of sp³-hybridized carbons (Fsp3) is 0.269. The molecular weight excluding hydrogens is 400 g/mol. The van der Waals surface area contributed by atoms with E-state index in [2.05, 4.69) is 22.3 Å². The number of amides is 1. The average Bonchev–Trinajstić information content (AvgIpc) is 3.32. The Labute approximate surface area is 187 Å². The van der Waals surface area contributed by atoms with Crippen LogP contribution in [0, 0.1) is 6.92 Å². The lowest BCUT2D eigenvalue weighted by Crippen LogP contribution is -2.39. The number of aromatic nitrogens is 3. The highest BCUT2D eigenvalue weighted by Gasteiger charge is 2.27. The quantitative estimate of drug-likeness (QED) is 0.501. The Bertz CT molecular complexity index is 1260. The number of methoxy groups -OCH3 is 1. The number of aromatic amines is 1. The molecule has 1 saturated heterocycles. The Morgan fingerprint density at radius 2 is 1.97 bits per heavy atom. The highest BCUT2D eigenvalue weighted by atomic mass is 16.5. The molecule has 3 heterocycles. The van der Waals surface area contributed by atoms with Crippen LogP contribution in [0.2, 0.25) is 0 Å². The topological polar surface area (TPSA) is 71.1 Å². The van der Waals surface area contributed by atoms with E-state index in [9.17, 15) is 4.79 Å². The van der Waals surface area contributed by atoms with Crippen molar-refractivity contribution in [2.75, 3.05) is 20.2 Å². The molecule has 2 aromatic carbocycles. The number of likely N-dealkylation sites (tertiary alicyclic amines) is 1. The van der Waals surface area contributed by atoms with Gasteiger partial charge in [-0.15, -0.1) is 0 Å². The summed E-state index contributed by atoms with van der Waals surface area (Å²) in [5.74, 6) is 1.13. The average molecular weight is 427 g/mol. The molecule has 0 aliphatic carbocycles. The summed E-state index contributed by atoms with van der Waals surface area (Å²) >= 11 is 0. The molecule has 1 atom stereocenters. The number of H-pyrrole nitrogens is 1. The van der Waals surface area contributed by atoms with Crippen molar-refractivity contribution in [1.29, 1.82) is 0 Å². The Morgan fingerprint density at radius 3 is 2.78 bits per heavy atom. The maximum atomic E-state index is 13.5. The largest absolute Gasteiger partial charge is 0.497 e. The summed E-state index contributed by atoms with van der Waals surface area (Å²) in [5.41, 5.74) is 5.72. The van der Waals surface area contributed by atoms with Crippen LogP contribution in [-0.4, -0.2) is 46.2 Å². The molecule has 162 valence electrons. The minimum Gasteiger partial charge on any atom is -0.497 e. The predicted octanol–water partition coefficient (Wildman–Crippen LogP) is 4.96. The first-order chi connectivity index (χ1) is 15.6. The molecule has 4 aromatic rings. The number of benzene rings is 2. The molecule has 0 bridgehead atoms. The number of carbonyl (C=O) groups excluding carboxylic acids is 1. The van der Waals surface area contributed by atoms with Crippen molar-refractivity contribution in [3.8, 4) is 16.9 Å². The van der Waals surface area contributed by atoms with Gasteiger partial charge in [-0.25, -0.2) is 4.98 Å². The Morgan fingerprint density at radius 1 is 1.12 bits per heavy atom. The van der Waals surface area contributed by atoms with E-state index in [1.165, 1.54) is 0 Å². The lowest BCUT2D eigenvalue weighted by atomic mass is 9.92. The second kappa shape index (κ2) is 8.46. The molecule has 5 rings (SSSR count). The van der Waals surface area contributed by atoms with Gasteiger partial charge >= 0.3 is 0 Å². The Hall–Kier alpha value is -3.67. The van der Waals surface area contributed by atoms with Gasteiger partial charge in [-0.1, -0.05) is 24.3 Å². The molecule has 0 saturated carbocycles. The van der Waals surface area contributed by atoms with Crippen LogP contribution in [0.1, 0.15) is 40.4 Å². The van der Waals surface area contributed by atoms with Gasteiger partial charge in [-0.2, -0.15) is 5.10 Å². The molecule has 1 N–H and O–H groups in total. The van der Waals surface area contributed by atoms with Crippen molar-refractivity contribution in [3.05, 3.63) is 77.6 Å². The maximum Gasteiger partial charge on any atom is 0.254 e. The summed E-state index contributed by atoms with van der Waals surface area (Å²) in [6.07, 6.45) is 3.78. The zero-order chi connectivity index (χ0) is 22.1. The highest BCUT2D eigenvalue weighted by Crippen LogP contribution is 2.31.